The average Bonchev–Trinajstić information content (AvgIpc) is 3.16. The van der Waals surface area contributed by atoms with Gasteiger partial charge in [-0.05, 0) is 5.41 Å². The van der Waals surface area contributed by atoms with Gasteiger partial charge in [0.05, 0.1) is 6.33 Å². The summed E-state index contributed by atoms with van der Waals surface area (Å²) in [7, 11) is 2.92. The number of amides is 1. The van der Waals surface area contributed by atoms with Gasteiger partial charge in [-0.1, -0.05) is 32.1 Å². The molecule has 0 saturated carbocycles. The highest BCUT2D eigenvalue weighted by molar-refractivity contribution is 7.15. The molecule has 3 heterocycles. The summed E-state index contributed by atoms with van der Waals surface area (Å²) in [6, 6.07) is 0. The van der Waals surface area contributed by atoms with Crippen molar-refractivity contribution in [3.8, 4) is 0 Å². The Hall–Kier alpha value is -2.82. The van der Waals surface area contributed by atoms with Crippen molar-refractivity contribution in [3.63, 3.8) is 0 Å². The van der Waals surface area contributed by atoms with Gasteiger partial charge < -0.3 is 4.57 Å². The Balaban J connectivity index is 1.81. The number of nitrogens with one attached hydrogen (secondary N) is 1. The monoisotopic (exact) mass is 391 g/mol. The van der Waals surface area contributed by atoms with Crippen LogP contribution < -0.4 is 16.6 Å². The number of anilines is 1. The van der Waals surface area contributed by atoms with E-state index in [0.29, 0.717) is 5.13 Å². The molecule has 11 heteroatoms. The Kier molecular flexibility index (Phi) is 4.72. The third kappa shape index (κ3) is 3.82. The third-order valence-corrected chi connectivity index (χ3v) is 4.76. The van der Waals surface area contributed by atoms with Crippen molar-refractivity contribution < 1.29 is 4.79 Å². The molecule has 1 N–H and O–H groups in total. The van der Waals surface area contributed by atoms with Crippen LogP contribution in [0.4, 0.5) is 5.13 Å². The Labute approximate surface area is 158 Å². The first kappa shape index (κ1) is 19.0. The van der Waals surface area contributed by atoms with Gasteiger partial charge in [0.25, 0.3) is 5.56 Å². The zero-order chi connectivity index (χ0) is 19.9. The number of aryl methyl sites for hydroxylation is 1. The maximum absolute atomic E-state index is 12.4. The van der Waals surface area contributed by atoms with Gasteiger partial charge in [0.15, 0.2) is 11.2 Å². The fourth-order valence-corrected chi connectivity index (χ4v) is 3.72. The van der Waals surface area contributed by atoms with Gasteiger partial charge in [-0.2, -0.15) is 0 Å². The fourth-order valence-electron chi connectivity index (χ4n) is 2.66. The van der Waals surface area contributed by atoms with Crippen LogP contribution in [0, 0.1) is 5.41 Å². The maximum Gasteiger partial charge on any atom is 0.332 e. The second kappa shape index (κ2) is 6.72. The third-order valence-electron chi connectivity index (χ3n) is 3.93. The second-order valence-electron chi connectivity index (χ2n) is 7.54. The lowest BCUT2D eigenvalue weighted by Crippen LogP contribution is -2.37. The standard InChI is InChI=1S/C16H21N7O3S/c1-16(2,3)6-10-19-20-14(27-10)18-9(24)7-23-8-17-12-11(23)13(25)22(5)15(26)21(12)4/h8H,6-7H2,1-5H3,(H,18,20,24). The molecule has 0 aromatic carbocycles. The molecule has 0 atom stereocenters. The molecule has 144 valence electrons. The summed E-state index contributed by atoms with van der Waals surface area (Å²) in [5.74, 6) is -0.358. The average molecular weight is 391 g/mol. The predicted octanol–water partition coefficient (Wildman–Crippen LogP) is 0.512. The van der Waals surface area contributed by atoms with Crippen LogP contribution in [0.3, 0.4) is 0 Å². The van der Waals surface area contributed by atoms with Gasteiger partial charge in [-0.3, -0.25) is 24.0 Å². The molecule has 1 amide bonds. The van der Waals surface area contributed by atoms with Crippen molar-refractivity contribution in [2.75, 3.05) is 5.32 Å². The van der Waals surface area contributed by atoms with Gasteiger partial charge in [0, 0.05) is 20.5 Å². The van der Waals surface area contributed by atoms with E-state index in [-0.39, 0.29) is 29.0 Å². The van der Waals surface area contributed by atoms with E-state index in [1.54, 1.807) is 0 Å². The Morgan fingerprint density at radius 2 is 1.89 bits per heavy atom. The SMILES string of the molecule is Cn1c(=O)c2c(ncn2CC(=O)Nc2nnc(CC(C)(C)C)s2)n(C)c1=O. The van der Waals surface area contributed by atoms with E-state index in [0.717, 1.165) is 16.0 Å². The summed E-state index contributed by atoms with van der Waals surface area (Å²) < 4.78 is 3.68. The van der Waals surface area contributed by atoms with E-state index >= 15 is 0 Å². The highest BCUT2D eigenvalue weighted by Gasteiger charge is 2.18. The lowest BCUT2D eigenvalue weighted by Gasteiger charge is -2.14. The molecule has 3 rings (SSSR count). The van der Waals surface area contributed by atoms with Crippen LogP contribution in [-0.2, 0) is 31.9 Å². The van der Waals surface area contributed by atoms with Crippen molar-refractivity contribution in [1.82, 2.24) is 28.9 Å². The topological polar surface area (TPSA) is 117 Å². The molecule has 10 nitrogen and oxygen atoms in total. The quantitative estimate of drug-likeness (QED) is 0.693. The molecule has 0 aliphatic rings. The Morgan fingerprint density at radius 3 is 2.56 bits per heavy atom. The molecule has 0 radical (unpaired) electrons. The van der Waals surface area contributed by atoms with Crippen molar-refractivity contribution >= 4 is 33.5 Å². The number of imidazole rings is 1. The van der Waals surface area contributed by atoms with Crippen molar-refractivity contribution in [2.24, 2.45) is 19.5 Å². The predicted molar refractivity (Wildman–Crippen MR) is 102 cm³/mol. The highest BCUT2D eigenvalue weighted by atomic mass is 32.1. The minimum atomic E-state index is -0.498. The van der Waals surface area contributed by atoms with Gasteiger partial charge in [0.1, 0.15) is 11.6 Å². The molecule has 0 spiro atoms. The number of aromatic nitrogens is 6. The van der Waals surface area contributed by atoms with Crippen LogP contribution in [0.25, 0.3) is 11.2 Å². The first-order valence-corrected chi connectivity index (χ1v) is 9.11. The summed E-state index contributed by atoms with van der Waals surface area (Å²) >= 11 is 1.32. The lowest BCUT2D eigenvalue weighted by atomic mass is 9.93. The number of carbonyl (C=O) groups excluding carboxylic acids is 1. The molecule has 0 fully saturated rings. The van der Waals surface area contributed by atoms with E-state index in [1.165, 1.54) is 40.9 Å². The minimum Gasteiger partial charge on any atom is -0.315 e. The summed E-state index contributed by atoms with van der Waals surface area (Å²) in [4.78, 5) is 40.8. The molecule has 0 aliphatic heterocycles. The Bertz CT molecular complexity index is 1130. The molecule has 0 unspecified atom stereocenters. The van der Waals surface area contributed by atoms with Gasteiger partial charge >= 0.3 is 5.69 Å². The summed E-state index contributed by atoms with van der Waals surface area (Å²) in [5.41, 5.74) is -0.462. The van der Waals surface area contributed by atoms with E-state index in [9.17, 15) is 14.4 Å². The van der Waals surface area contributed by atoms with E-state index < -0.39 is 11.2 Å². The van der Waals surface area contributed by atoms with Crippen LogP contribution in [-0.4, -0.2) is 34.8 Å². The molecule has 3 aromatic rings. The van der Waals surface area contributed by atoms with Crippen molar-refractivity contribution in [2.45, 2.75) is 33.7 Å². The van der Waals surface area contributed by atoms with E-state index in [2.05, 4.69) is 41.3 Å². The van der Waals surface area contributed by atoms with E-state index in [1.807, 2.05) is 0 Å². The summed E-state index contributed by atoms with van der Waals surface area (Å²) in [6.45, 7) is 6.18. The first-order valence-electron chi connectivity index (χ1n) is 8.30. The summed E-state index contributed by atoms with van der Waals surface area (Å²) in [5, 5.41) is 12.0. The molecule has 3 aromatic heterocycles. The second-order valence-corrected chi connectivity index (χ2v) is 8.60. The van der Waals surface area contributed by atoms with Crippen LogP contribution >= 0.6 is 11.3 Å². The minimum absolute atomic E-state index is 0.0759. The van der Waals surface area contributed by atoms with Crippen LogP contribution in [0.2, 0.25) is 0 Å². The molecule has 27 heavy (non-hydrogen) atoms. The van der Waals surface area contributed by atoms with Crippen LogP contribution in [0.1, 0.15) is 25.8 Å². The number of hydrogen-bond acceptors (Lipinski definition) is 7. The molecular weight excluding hydrogens is 370 g/mol. The molecular formula is C16H21N7O3S. The highest BCUT2D eigenvalue weighted by Crippen LogP contribution is 2.24. The van der Waals surface area contributed by atoms with Gasteiger partial charge in [-0.15, -0.1) is 10.2 Å². The lowest BCUT2D eigenvalue weighted by molar-refractivity contribution is -0.116. The largest absolute Gasteiger partial charge is 0.332 e. The fraction of sp³-hybridized carbons (Fsp3) is 0.500. The summed E-state index contributed by atoms with van der Waals surface area (Å²) in [6.07, 6.45) is 2.13. The smallest absolute Gasteiger partial charge is 0.315 e. The number of nitrogens with zero attached hydrogens (tertiary/aromatic N) is 6. The molecule has 0 aliphatic carbocycles. The Morgan fingerprint density at radius 1 is 1.19 bits per heavy atom. The zero-order valence-electron chi connectivity index (χ0n) is 15.8. The molecule has 0 saturated heterocycles. The number of hydrogen-bond donors (Lipinski definition) is 1. The number of carbonyl (C=O) groups is 1. The van der Waals surface area contributed by atoms with E-state index in [4.69, 9.17) is 0 Å². The number of fused-ring (bicyclic) bond motifs is 1. The van der Waals surface area contributed by atoms with Crippen molar-refractivity contribution in [3.05, 3.63) is 32.2 Å². The molecule has 0 bridgehead atoms. The van der Waals surface area contributed by atoms with Gasteiger partial charge in [-0.25, -0.2) is 9.78 Å². The first-order chi connectivity index (χ1) is 12.6. The number of rotatable bonds is 4. The zero-order valence-corrected chi connectivity index (χ0v) is 16.6. The van der Waals surface area contributed by atoms with Crippen LogP contribution in [0.15, 0.2) is 15.9 Å². The van der Waals surface area contributed by atoms with Gasteiger partial charge in [0.2, 0.25) is 11.0 Å². The van der Waals surface area contributed by atoms with Crippen molar-refractivity contribution in [1.29, 1.82) is 0 Å². The van der Waals surface area contributed by atoms with Crippen LogP contribution in [0.5, 0.6) is 0 Å². The maximum atomic E-state index is 12.4. The normalized spacial score (nSPS) is 11.9.